The van der Waals surface area contributed by atoms with Crippen LogP contribution in [-0.2, 0) is 16.7 Å². The van der Waals surface area contributed by atoms with E-state index in [1.807, 2.05) is 36.4 Å². The van der Waals surface area contributed by atoms with Gasteiger partial charge in [0, 0.05) is 29.1 Å². The van der Waals surface area contributed by atoms with Gasteiger partial charge in [-0.05, 0) is 77.2 Å². The molecule has 0 saturated carbocycles. The molecule has 0 amide bonds. The maximum atomic E-state index is 11.8. The minimum atomic E-state index is -4.72. The highest BCUT2D eigenvalue weighted by Gasteiger charge is 2.19. The minimum Gasteiger partial charge on any atom is -0.505 e. The fourth-order valence-corrected chi connectivity index (χ4v) is 5.87. The summed E-state index contributed by atoms with van der Waals surface area (Å²) in [5.74, 6) is 0.861. The number of non-ortho nitro benzene ring substituents is 1. The number of nitrogens with one attached hydrogen (secondary N) is 1. The number of methoxy groups -OCH3 is 1. The third-order valence-corrected chi connectivity index (χ3v) is 8.83. The second kappa shape index (κ2) is 16.1. The van der Waals surface area contributed by atoms with Gasteiger partial charge in [0.05, 0.1) is 35.7 Å². The highest BCUT2D eigenvalue weighted by molar-refractivity contribution is 7.86. The molecule has 0 fully saturated rings. The highest BCUT2D eigenvalue weighted by Crippen LogP contribution is 2.40. The predicted molar refractivity (Wildman–Crippen MR) is 202 cm³/mol. The first kappa shape index (κ1) is 36.8. The third-order valence-electron chi connectivity index (χ3n) is 7.92. The fraction of sp³-hybridized carbons (Fsp3) is 0.0526. The number of nitrogens with zero attached hydrogens (tertiary/aromatic N) is 5. The van der Waals surface area contributed by atoms with Crippen molar-refractivity contribution in [2.75, 3.05) is 12.6 Å². The number of hydrogen-bond donors (Lipinski definition) is 4. The lowest BCUT2D eigenvalue weighted by atomic mass is 10.1. The second-order valence-corrected chi connectivity index (χ2v) is 12.9. The van der Waals surface area contributed by atoms with Gasteiger partial charge in [0.2, 0.25) is 0 Å². The summed E-state index contributed by atoms with van der Waals surface area (Å²) in [5, 5.41) is 50.5. The van der Waals surface area contributed by atoms with Crippen molar-refractivity contribution in [3.8, 4) is 17.2 Å². The van der Waals surface area contributed by atoms with Crippen molar-refractivity contribution in [1.29, 1.82) is 0 Å². The van der Waals surface area contributed by atoms with E-state index in [1.54, 1.807) is 66.7 Å². The molecule has 0 bridgehead atoms. The molecule has 0 aliphatic carbocycles. The van der Waals surface area contributed by atoms with Crippen LogP contribution in [0.25, 0.3) is 22.9 Å². The van der Waals surface area contributed by atoms with Crippen molar-refractivity contribution in [1.82, 2.24) is 0 Å². The first-order valence-electron chi connectivity index (χ1n) is 16.0. The van der Waals surface area contributed by atoms with Crippen molar-refractivity contribution in [2.45, 2.75) is 11.5 Å². The van der Waals surface area contributed by atoms with Gasteiger partial charge >= 0.3 is 0 Å². The molecule has 0 aliphatic heterocycles. The number of phenolic OH excluding ortho intramolecular Hbond substituents is 1. The van der Waals surface area contributed by atoms with Crippen molar-refractivity contribution in [2.24, 2.45) is 20.5 Å². The van der Waals surface area contributed by atoms with Gasteiger partial charge in [-0.1, -0.05) is 48.6 Å². The summed E-state index contributed by atoms with van der Waals surface area (Å²) in [5.41, 5.74) is 5.42. The minimum absolute atomic E-state index is 0.0619. The molecule has 0 saturated heterocycles. The van der Waals surface area contributed by atoms with E-state index < -0.39 is 32.2 Å². The zero-order chi connectivity index (χ0) is 38.2. The van der Waals surface area contributed by atoms with E-state index in [1.165, 1.54) is 19.3 Å². The van der Waals surface area contributed by atoms with Gasteiger partial charge < -0.3 is 19.8 Å². The SMILES string of the molecule is COc1cc(N=Nc2ccc(C=Cc3ccc([N+](=O)[O-])cc3S(=O)(=O)O)cc2)c(CO)cc1N=Nc1ccc2cc(NOc3ccccc3)ccc2c1O. The molecule has 15 nitrogen and oxygen atoms in total. The molecule has 0 unspecified atom stereocenters. The first-order chi connectivity index (χ1) is 26.0. The van der Waals surface area contributed by atoms with E-state index in [9.17, 15) is 33.3 Å². The van der Waals surface area contributed by atoms with Gasteiger partial charge in [-0.15, -0.1) is 10.2 Å². The molecule has 0 spiro atoms. The number of ether oxygens (including phenoxy) is 1. The molecular weight excluding hydrogens is 717 g/mol. The number of aliphatic hydroxyl groups is 1. The van der Waals surface area contributed by atoms with Crippen molar-refractivity contribution in [3.63, 3.8) is 0 Å². The Morgan fingerprint density at radius 3 is 2.26 bits per heavy atom. The molecular formula is C38H30N6O9S. The van der Waals surface area contributed by atoms with Crippen LogP contribution in [0.15, 0.2) is 141 Å². The summed E-state index contributed by atoms with van der Waals surface area (Å²) in [4.78, 5) is 15.3. The third kappa shape index (κ3) is 8.71. The number of aliphatic hydroxyl groups excluding tert-OH is 1. The number of benzene rings is 6. The molecule has 54 heavy (non-hydrogen) atoms. The second-order valence-electron chi connectivity index (χ2n) is 11.5. The Balaban J connectivity index is 1.16. The van der Waals surface area contributed by atoms with Crippen LogP contribution in [0.1, 0.15) is 16.7 Å². The number of azo groups is 2. The zero-order valence-electron chi connectivity index (χ0n) is 28.3. The fourth-order valence-electron chi connectivity index (χ4n) is 5.17. The zero-order valence-corrected chi connectivity index (χ0v) is 29.1. The normalized spacial score (nSPS) is 11.8. The van der Waals surface area contributed by atoms with Crippen LogP contribution in [0.3, 0.4) is 0 Å². The molecule has 16 heteroatoms. The van der Waals surface area contributed by atoms with Crippen LogP contribution in [0, 0.1) is 10.1 Å². The molecule has 0 heterocycles. The average molecular weight is 747 g/mol. The van der Waals surface area contributed by atoms with E-state index in [-0.39, 0.29) is 28.4 Å². The van der Waals surface area contributed by atoms with E-state index in [0.29, 0.717) is 39.3 Å². The summed E-state index contributed by atoms with van der Waals surface area (Å²) < 4.78 is 38.7. The molecule has 0 radical (unpaired) electrons. The summed E-state index contributed by atoms with van der Waals surface area (Å²) in [6.45, 7) is -0.398. The van der Waals surface area contributed by atoms with Gasteiger partial charge in [0.25, 0.3) is 15.8 Å². The predicted octanol–water partition coefficient (Wildman–Crippen LogP) is 9.61. The summed E-state index contributed by atoms with van der Waals surface area (Å²) in [6.07, 6.45) is 2.97. The smallest absolute Gasteiger partial charge is 0.295 e. The topological polar surface area (TPSA) is 218 Å². The number of anilines is 1. The van der Waals surface area contributed by atoms with E-state index in [0.717, 1.165) is 17.5 Å². The molecule has 0 atom stereocenters. The van der Waals surface area contributed by atoms with Crippen LogP contribution in [0.2, 0.25) is 0 Å². The lowest BCUT2D eigenvalue weighted by molar-refractivity contribution is -0.385. The van der Waals surface area contributed by atoms with E-state index in [2.05, 4.69) is 25.9 Å². The van der Waals surface area contributed by atoms with E-state index >= 15 is 0 Å². The van der Waals surface area contributed by atoms with Crippen molar-refractivity contribution < 1.29 is 37.7 Å². The molecule has 0 aromatic heterocycles. The molecule has 0 aliphatic rings. The number of fused-ring (bicyclic) bond motifs is 1. The highest BCUT2D eigenvalue weighted by atomic mass is 32.2. The Labute approximate surface area is 308 Å². The van der Waals surface area contributed by atoms with E-state index in [4.69, 9.17) is 9.57 Å². The largest absolute Gasteiger partial charge is 0.505 e. The Morgan fingerprint density at radius 2 is 1.56 bits per heavy atom. The number of nitro groups is 1. The number of phenols is 1. The van der Waals surface area contributed by atoms with Gasteiger partial charge in [-0.25, -0.2) is 5.48 Å². The molecule has 6 aromatic rings. The standard InChI is InChI=1S/C38H30N6O9S/c1-52-36-22-34(41-39-28-13-8-24(9-14-28)7-10-25-11-16-30(44(47)48)21-37(25)54(49,50)51)27(23-45)20-35(36)42-40-33-18-12-26-19-29(15-17-32(26)38(33)46)43-53-31-5-3-2-4-6-31/h2-22,43,45-46H,23H2,1H3,(H,49,50,51). The monoisotopic (exact) mass is 746 g/mol. The maximum Gasteiger partial charge on any atom is 0.295 e. The number of para-hydroxylation sites is 1. The van der Waals surface area contributed by atoms with Crippen LogP contribution >= 0.6 is 0 Å². The number of aromatic hydroxyl groups is 1. The Morgan fingerprint density at radius 1 is 0.815 bits per heavy atom. The Bertz CT molecular complexity index is 2540. The average Bonchev–Trinajstić information content (AvgIpc) is 3.18. The first-order valence-corrected chi connectivity index (χ1v) is 17.4. The number of nitro benzene ring substituents is 1. The number of rotatable bonds is 13. The van der Waals surface area contributed by atoms with Crippen LogP contribution < -0.4 is 15.1 Å². The van der Waals surface area contributed by atoms with Gasteiger partial charge in [0.15, 0.2) is 11.5 Å². The summed E-state index contributed by atoms with van der Waals surface area (Å²) in [6, 6.07) is 30.9. The quantitative estimate of drug-likeness (QED) is 0.0288. The molecule has 4 N–H and O–H groups in total. The number of hydrogen-bond acceptors (Lipinski definition) is 13. The summed E-state index contributed by atoms with van der Waals surface area (Å²) >= 11 is 0. The maximum absolute atomic E-state index is 11.8. The lowest BCUT2D eigenvalue weighted by Crippen LogP contribution is -2.04. The van der Waals surface area contributed by atoms with Gasteiger partial charge in [-0.2, -0.15) is 18.6 Å². The Hall–Kier alpha value is -7.01. The van der Waals surface area contributed by atoms with Gasteiger partial charge in [-0.3, -0.25) is 14.7 Å². The Kier molecular flexibility index (Phi) is 11.0. The van der Waals surface area contributed by atoms with Crippen LogP contribution in [0.4, 0.5) is 34.1 Å². The molecule has 272 valence electrons. The van der Waals surface area contributed by atoms with Crippen molar-refractivity contribution in [3.05, 3.63) is 142 Å². The molecule has 6 rings (SSSR count). The van der Waals surface area contributed by atoms with Crippen molar-refractivity contribution >= 4 is 67.2 Å². The van der Waals surface area contributed by atoms with Gasteiger partial charge in [0.1, 0.15) is 22.0 Å². The summed E-state index contributed by atoms with van der Waals surface area (Å²) in [7, 11) is -3.28. The van der Waals surface area contributed by atoms with Crippen LogP contribution in [0.5, 0.6) is 17.2 Å². The lowest BCUT2D eigenvalue weighted by Gasteiger charge is -2.10. The molecule has 6 aromatic carbocycles. The van der Waals surface area contributed by atoms with Crippen LogP contribution in [-0.4, -0.2) is 35.2 Å².